The van der Waals surface area contributed by atoms with E-state index in [1.165, 1.54) is 6.08 Å². The van der Waals surface area contributed by atoms with Crippen LogP contribution in [0.1, 0.15) is 15.9 Å². The normalized spacial score (nSPS) is 13.8. The lowest BCUT2D eigenvalue weighted by Gasteiger charge is -2.17. The van der Waals surface area contributed by atoms with Crippen LogP contribution in [0.3, 0.4) is 0 Å². The van der Waals surface area contributed by atoms with Crippen LogP contribution in [0.5, 0.6) is 0 Å². The van der Waals surface area contributed by atoms with E-state index in [1.807, 2.05) is 42.5 Å². The largest absolute Gasteiger partial charge is 0.286 e. The van der Waals surface area contributed by atoms with Gasteiger partial charge in [0, 0.05) is 5.56 Å². The quantitative estimate of drug-likeness (QED) is 0.262. The van der Waals surface area contributed by atoms with Gasteiger partial charge in [-0.25, -0.2) is 0 Å². The molecule has 1 aliphatic rings. The first-order valence-electron chi connectivity index (χ1n) is 7.88. The van der Waals surface area contributed by atoms with Gasteiger partial charge in [0.05, 0.1) is 0 Å². The van der Waals surface area contributed by atoms with Crippen molar-refractivity contribution in [3.05, 3.63) is 77.9 Å². The summed E-state index contributed by atoms with van der Waals surface area (Å²) < 4.78 is 0. The van der Waals surface area contributed by atoms with Crippen LogP contribution in [-0.2, 0) is 4.79 Å². The van der Waals surface area contributed by atoms with Gasteiger partial charge in [-0.3, -0.25) is 9.59 Å². The van der Waals surface area contributed by atoms with Crippen molar-refractivity contribution >= 4 is 50.0 Å². The minimum absolute atomic E-state index is 0.418. The maximum atomic E-state index is 12.6. The molecule has 0 bridgehead atoms. The van der Waals surface area contributed by atoms with Gasteiger partial charge in [0.15, 0.2) is 0 Å². The Morgan fingerprint density at radius 3 is 1.96 bits per heavy atom. The van der Waals surface area contributed by atoms with Crippen LogP contribution in [0, 0.1) is 0 Å². The number of Topliss-reactive ketones (excluding diaryl/α,β-unsaturated/α-hetero) is 1. The van der Waals surface area contributed by atoms with Gasteiger partial charge in [-0.05, 0) is 62.2 Å². The zero-order valence-corrected chi connectivity index (χ0v) is 12.7. The fraction of sp³-hybridized carbons (Fsp3) is 0. The van der Waals surface area contributed by atoms with Crippen molar-refractivity contribution < 1.29 is 9.59 Å². The second-order valence-electron chi connectivity index (χ2n) is 6.11. The Bertz CT molecular complexity index is 1230. The fourth-order valence-corrected chi connectivity index (χ4v) is 3.68. The Balaban J connectivity index is 2.11. The van der Waals surface area contributed by atoms with E-state index in [1.54, 1.807) is 6.08 Å². The molecule has 0 unspecified atom stereocenters. The molecule has 5 rings (SSSR count). The summed E-state index contributed by atoms with van der Waals surface area (Å²) in [5, 5.41) is 6.17. The number of hydrogen-bond acceptors (Lipinski definition) is 2. The first-order chi connectivity index (χ1) is 11.7. The van der Waals surface area contributed by atoms with Crippen LogP contribution in [0.2, 0.25) is 0 Å². The molecule has 0 heterocycles. The second kappa shape index (κ2) is 4.62. The molecule has 0 spiro atoms. The van der Waals surface area contributed by atoms with Crippen LogP contribution in [0.25, 0.3) is 38.4 Å². The van der Waals surface area contributed by atoms with Crippen LogP contribution in [0.4, 0.5) is 0 Å². The number of benzene rings is 4. The highest BCUT2D eigenvalue weighted by atomic mass is 16.2. The smallest absolute Gasteiger partial charge is 0.234 e. The molecular formula is C22H12O2. The van der Waals surface area contributed by atoms with Gasteiger partial charge >= 0.3 is 0 Å². The Kier molecular flexibility index (Phi) is 2.54. The molecule has 0 amide bonds. The number of rotatable bonds is 0. The summed E-state index contributed by atoms with van der Waals surface area (Å²) in [4.78, 5) is 24.6. The molecule has 0 fully saturated rings. The van der Waals surface area contributed by atoms with E-state index in [-0.39, 0.29) is 0 Å². The number of ketones is 2. The molecular weight excluding hydrogens is 296 g/mol. The van der Waals surface area contributed by atoms with Crippen molar-refractivity contribution in [3.8, 4) is 0 Å². The summed E-state index contributed by atoms with van der Waals surface area (Å²) in [6, 6.07) is 20.3. The minimum atomic E-state index is -0.452. The number of hydrogen-bond donors (Lipinski definition) is 0. The van der Waals surface area contributed by atoms with E-state index in [9.17, 15) is 9.59 Å². The van der Waals surface area contributed by atoms with Crippen LogP contribution < -0.4 is 0 Å². The summed E-state index contributed by atoms with van der Waals surface area (Å²) in [5.74, 6) is -0.870. The Morgan fingerprint density at radius 2 is 1.21 bits per heavy atom. The molecule has 4 aromatic carbocycles. The third-order valence-electron chi connectivity index (χ3n) is 4.78. The lowest BCUT2D eigenvalue weighted by atomic mass is 9.85. The molecule has 0 atom stereocenters. The SMILES string of the molecule is O=C1C=Cc2c(c3cc4ccccc4cc3c3ccccc23)C1=O. The zero-order chi connectivity index (χ0) is 16.3. The Morgan fingerprint density at radius 1 is 0.583 bits per heavy atom. The molecule has 2 heteroatoms. The van der Waals surface area contributed by atoms with Crippen LogP contribution >= 0.6 is 0 Å². The maximum absolute atomic E-state index is 12.6. The van der Waals surface area contributed by atoms with Gasteiger partial charge in [-0.1, -0.05) is 48.5 Å². The highest BCUT2D eigenvalue weighted by molar-refractivity contribution is 6.53. The molecule has 4 aromatic rings. The highest BCUT2D eigenvalue weighted by Crippen LogP contribution is 2.37. The first-order valence-corrected chi connectivity index (χ1v) is 7.88. The lowest BCUT2D eigenvalue weighted by Crippen LogP contribution is -2.17. The Labute approximate surface area is 138 Å². The molecule has 0 aromatic heterocycles. The van der Waals surface area contributed by atoms with E-state index in [0.29, 0.717) is 5.56 Å². The minimum Gasteiger partial charge on any atom is -0.286 e. The molecule has 0 radical (unpaired) electrons. The molecule has 0 saturated heterocycles. The number of allylic oxidation sites excluding steroid dienone is 1. The molecule has 2 nitrogen and oxygen atoms in total. The highest BCUT2D eigenvalue weighted by Gasteiger charge is 2.25. The summed E-state index contributed by atoms with van der Waals surface area (Å²) in [5.41, 5.74) is 1.37. The van der Waals surface area contributed by atoms with Crippen molar-refractivity contribution in [1.82, 2.24) is 0 Å². The third kappa shape index (κ3) is 1.65. The molecule has 24 heavy (non-hydrogen) atoms. The van der Waals surface area contributed by atoms with Crippen molar-refractivity contribution in [2.45, 2.75) is 0 Å². The molecule has 0 aliphatic heterocycles. The van der Waals surface area contributed by atoms with E-state index in [0.717, 1.165) is 37.9 Å². The van der Waals surface area contributed by atoms with Crippen molar-refractivity contribution in [2.24, 2.45) is 0 Å². The van der Waals surface area contributed by atoms with Crippen molar-refractivity contribution in [3.63, 3.8) is 0 Å². The monoisotopic (exact) mass is 308 g/mol. The standard InChI is InChI=1S/C22H12O2/c23-20-10-9-17-15-7-3-4-8-16(15)18-11-13-5-1-2-6-14(13)12-19(18)21(17)22(20)24/h1-12H. The predicted octanol–water partition coefficient (Wildman–Crippen LogP) is 4.92. The van der Waals surface area contributed by atoms with Gasteiger partial charge in [0.2, 0.25) is 11.6 Å². The van der Waals surface area contributed by atoms with E-state index >= 15 is 0 Å². The van der Waals surface area contributed by atoms with Gasteiger partial charge < -0.3 is 0 Å². The first kappa shape index (κ1) is 13.2. The van der Waals surface area contributed by atoms with E-state index < -0.39 is 11.6 Å². The number of carbonyl (C=O) groups is 2. The summed E-state index contributed by atoms with van der Waals surface area (Å²) >= 11 is 0. The Hall–Kier alpha value is -3.26. The van der Waals surface area contributed by atoms with E-state index in [2.05, 4.69) is 18.2 Å². The average Bonchev–Trinajstić information content (AvgIpc) is 2.63. The van der Waals surface area contributed by atoms with Crippen molar-refractivity contribution in [2.75, 3.05) is 0 Å². The maximum Gasteiger partial charge on any atom is 0.234 e. The molecule has 0 N–H and O–H groups in total. The van der Waals surface area contributed by atoms with E-state index in [4.69, 9.17) is 0 Å². The predicted molar refractivity (Wildman–Crippen MR) is 97.3 cm³/mol. The molecule has 1 aliphatic carbocycles. The lowest BCUT2D eigenvalue weighted by molar-refractivity contribution is -0.110. The molecule has 0 saturated carbocycles. The summed E-state index contributed by atoms with van der Waals surface area (Å²) in [6.07, 6.45) is 3.15. The molecule has 112 valence electrons. The zero-order valence-electron chi connectivity index (χ0n) is 12.7. The van der Waals surface area contributed by atoms with Crippen LogP contribution in [-0.4, -0.2) is 11.6 Å². The van der Waals surface area contributed by atoms with Crippen molar-refractivity contribution in [1.29, 1.82) is 0 Å². The number of carbonyl (C=O) groups excluding carboxylic acids is 2. The van der Waals surface area contributed by atoms with Gasteiger partial charge in [0.25, 0.3) is 0 Å². The number of fused-ring (bicyclic) bond motifs is 7. The van der Waals surface area contributed by atoms with Gasteiger partial charge in [-0.2, -0.15) is 0 Å². The van der Waals surface area contributed by atoms with Crippen LogP contribution in [0.15, 0.2) is 66.7 Å². The average molecular weight is 308 g/mol. The second-order valence-corrected chi connectivity index (χ2v) is 6.11. The summed E-state index contributed by atoms with van der Waals surface area (Å²) in [6.45, 7) is 0. The summed E-state index contributed by atoms with van der Waals surface area (Å²) in [7, 11) is 0. The third-order valence-corrected chi connectivity index (χ3v) is 4.78. The topological polar surface area (TPSA) is 34.1 Å². The van der Waals surface area contributed by atoms with Gasteiger partial charge in [0.1, 0.15) is 0 Å². The van der Waals surface area contributed by atoms with Gasteiger partial charge in [-0.15, -0.1) is 0 Å². The fourth-order valence-electron chi connectivity index (χ4n) is 3.68.